The summed E-state index contributed by atoms with van der Waals surface area (Å²) in [5, 5.41) is 0. The van der Waals surface area contributed by atoms with E-state index < -0.39 is 0 Å². The van der Waals surface area contributed by atoms with Crippen molar-refractivity contribution in [2.45, 2.75) is 57.2 Å². The summed E-state index contributed by atoms with van der Waals surface area (Å²) in [7, 11) is 1.61. The van der Waals surface area contributed by atoms with Crippen LogP contribution in [0.4, 0.5) is 0 Å². The van der Waals surface area contributed by atoms with Gasteiger partial charge in [0.1, 0.15) is 12.6 Å². The van der Waals surface area contributed by atoms with Crippen molar-refractivity contribution in [3.05, 3.63) is 12.2 Å². The van der Waals surface area contributed by atoms with Crippen molar-refractivity contribution >= 4 is 11.8 Å². The van der Waals surface area contributed by atoms with E-state index in [-0.39, 0.29) is 54.5 Å². The maximum absolute atomic E-state index is 13.2. The molecule has 0 aromatic rings. The van der Waals surface area contributed by atoms with Crippen molar-refractivity contribution in [3.8, 4) is 0 Å². The summed E-state index contributed by atoms with van der Waals surface area (Å²) in [6, 6.07) is 0.0408. The minimum Gasteiger partial charge on any atom is -0.466 e. The van der Waals surface area contributed by atoms with E-state index in [0.717, 1.165) is 25.8 Å². The van der Waals surface area contributed by atoms with E-state index in [0.29, 0.717) is 6.61 Å². The average molecular weight is 351 g/mol. The van der Waals surface area contributed by atoms with Gasteiger partial charge in [-0.15, -0.1) is 0 Å². The molecule has 4 bridgehead atoms. The first-order valence-electron chi connectivity index (χ1n) is 9.34. The fourth-order valence-corrected chi connectivity index (χ4v) is 5.10. The number of piperidine rings is 1. The Kier molecular flexibility index (Phi) is 5.61. The fourth-order valence-electron chi connectivity index (χ4n) is 5.10. The summed E-state index contributed by atoms with van der Waals surface area (Å²) in [5.74, 6) is -0.475. The summed E-state index contributed by atoms with van der Waals surface area (Å²) in [5.41, 5.74) is -0.374. The Morgan fingerprint density at radius 2 is 2.20 bits per heavy atom. The van der Waals surface area contributed by atoms with Crippen LogP contribution in [0.25, 0.3) is 0 Å². The second-order valence-corrected chi connectivity index (χ2v) is 7.12. The Bertz CT molecular complexity index is 548. The Labute approximate surface area is 149 Å². The molecule has 3 saturated heterocycles. The molecule has 3 aliphatic heterocycles. The largest absolute Gasteiger partial charge is 0.466 e. The van der Waals surface area contributed by atoms with E-state index in [1.54, 1.807) is 14.0 Å². The first-order valence-corrected chi connectivity index (χ1v) is 9.34. The number of allylic oxidation sites excluding steroid dienone is 1. The minimum absolute atomic E-state index is 0.0408. The fraction of sp³-hybridized carbons (Fsp3) is 0.789. The lowest BCUT2D eigenvalue weighted by atomic mass is 9.73. The highest BCUT2D eigenvalue weighted by Gasteiger charge is 2.68. The molecule has 0 aromatic carbocycles. The van der Waals surface area contributed by atoms with Crippen molar-refractivity contribution in [2.75, 3.05) is 27.1 Å². The maximum atomic E-state index is 13.2. The Balaban J connectivity index is 1.90. The minimum atomic E-state index is -0.374. The monoisotopic (exact) mass is 351 g/mol. The van der Waals surface area contributed by atoms with Crippen LogP contribution in [-0.2, 0) is 23.8 Å². The summed E-state index contributed by atoms with van der Waals surface area (Å²) in [4.78, 5) is 27.6. The second-order valence-electron chi connectivity index (χ2n) is 7.12. The predicted octanol–water partition coefficient (Wildman–Crippen LogP) is 1.93. The molecule has 25 heavy (non-hydrogen) atoms. The molecule has 6 heteroatoms. The third-order valence-electron chi connectivity index (χ3n) is 5.96. The molecule has 3 heterocycles. The van der Waals surface area contributed by atoms with Crippen LogP contribution in [0.3, 0.4) is 0 Å². The molecular weight excluding hydrogens is 322 g/mol. The van der Waals surface area contributed by atoms with Gasteiger partial charge in [-0.3, -0.25) is 14.5 Å². The van der Waals surface area contributed by atoms with E-state index in [1.165, 1.54) is 0 Å². The number of rotatable bonds is 8. The molecule has 1 unspecified atom stereocenters. The molecule has 3 aliphatic rings. The zero-order chi connectivity index (χ0) is 18.0. The van der Waals surface area contributed by atoms with E-state index in [2.05, 4.69) is 24.0 Å². The van der Waals surface area contributed by atoms with Crippen LogP contribution >= 0.6 is 0 Å². The van der Waals surface area contributed by atoms with Crippen LogP contribution in [0, 0.1) is 11.8 Å². The molecule has 0 saturated carbocycles. The molecular formula is C19H29NO5. The van der Waals surface area contributed by atoms with Crippen LogP contribution in [-0.4, -0.2) is 61.4 Å². The molecule has 3 rings (SSSR count). The lowest BCUT2D eigenvalue weighted by molar-refractivity contribution is -0.151. The molecule has 0 N–H and O–H groups in total. The summed E-state index contributed by atoms with van der Waals surface area (Å²) >= 11 is 0. The third-order valence-corrected chi connectivity index (χ3v) is 5.96. The molecule has 0 aromatic heterocycles. The quantitative estimate of drug-likeness (QED) is 0.378. The number of Topliss-reactive ketones (excluding diaryl/α,β-unsaturated/α-hetero) is 1. The number of ketones is 1. The molecule has 0 amide bonds. The number of hydrogen-bond acceptors (Lipinski definition) is 6. The van der Waals surface area contributed by atoms with Crippen LogP contribution in [0.2, 0.25) is 0 Å². The van der Waals surface area contributed by atoms with Gasteiger partial charge >= 0.3 is 5.97 Å². The van der Waals surface area contributed by atoms with Crippen molar-refractivity contribution in [3.63, 3.8) is 0 Å². The zero-order valence-electron chi connectivity index (χ0n) is 15.4. The molecule has 140 valence electrons. The van der Waals surface area contributed by atoms with E-state index in [1.807, 2.05) is 0 Å². The predicted molar refractivity (Wildman–Crippen MR) is 91.9 cm³/mol. The van der Waals surface area contributed by atoms with Crippen LogP contribution in [0.1, 0.15) is 39.5 Å². The highest BCUT2D eigenvalue weighted by atomic mass is 16.7. The smallest absolute Gasteiger partial charge is 0.306 e. The Morgan fingerprint density at radius 1 is 1.40 bits per heavy atom. The summed E-state index contributed by atoms with van der Waals surface area (Å²) < 4.78 is 16.2. The lowest BCUT2D eigenvalue weighted by Crippen LogP contribution is -2.59. The van der Waals surface area contributed by atoms with Gasteiger partial charge in [-0.05, 0) is 26.2 Å². The molecule has 3 fully saturated rings. The van der Waals surface area contributed by atoms with Gasteiger partial charge in [-0.1, -0.05) is 19.1 Å². The number of hydrogen-bond donors (Lipinski definition) is 0. The molecule has 6 nitrogen and oxygen atoms in total. The Morgan fingerprint density at radius 3 is 2.88 bits per heavy atom. The second kappa shape index (κ2) is 7.56. The molecule has 0 spiro atoms. The van der Waals surface area contributed by atoms with Crippen LogP contribution in [0.5, 0.6) is 0 Å². The van der Waals surface area contributed by atoms with Gasteiger partial charge in [0.15, 0.2) is 0 Å². The van der Waals surface area contributed by atoms with Gasteiger partial charge in [-0.25, -0.2) is 0 Å². The number of esters is 1. The van der Waals surface area contributed by atoms with Gasteiger partial charge in [0.05, 0.1) is 24.7 Å². The van der Waals surface area contributed by atoms with Crippen molar-refractivity contribution < 1.29 is 23.8 Å². The van der Waals surface area contributed by atoms with Crippen LogP contribution in [0.15, 0.2) is 12.2 Å². The average Bonchev–Trinajstić information content (AvgIpc) is 3.04. The normalized spacial score (nSPS) is 39.3. The molecule has 0 aliphatic carbocycles. The molecule has 0 radical (unpaired) electrons. The number of carbonyl (C=O) groups is 2. The maximum Gasteiger partial charge on any atom is 0.306 e. The zero-order valence-corrected chi connectivity index (χ0v) is 15.4. The number of nitrogens with zero attached hydrogens (tertiary/aromatic N) is 1. The summed E-state index contributed by atoms with van der Waals surface area (Å²) in [6.07, 6.45) is 6.92. The first-order chi connectivity index (χ1) is 12.1. The number of carbonyl (C=O) groups excluding carboxylic acids is 2. The van der Waals surface area contributed by atoms with Crippen molar-refractivity contribution in [1.29, 1.82) is 0 Å². The number of ether oxygens (including phenoxy) is 3. The van der Waals surface area contributed by atoms with Gasteiger partial charge in [0, 0.05) is 31.5 Å². The van der Waals surface area contributed by atoms with Gasteiger partial charge < -0.3 is 14.2 Å². The van der Waals surface area contributed by atoms with Crippen molar-refractivity contribution in [2.24, 2.45) is 11.8 Å². The Hall–Kier alpha value is -1.24. The molecule has 6 atom stereocenters. The van der Waals surface area contributed by atoms with E-state index in [4.69, 9.17) is 14.2 Å². The van der Waals surface area contributed by atoms with Gasteiger partial charge in [-0.2, -0.15) is 0 Å². The van der Waals surface area contributed by atoms with E-state index in [9.17, 15) is 9.59 Å². The lowest BCUT2D eigenvalue weighted by Gasteiger charge is -2.45. The van der Waals surface area contributed by atoms with Gasteiger partial charge in [0.2, 0.25) is 0 Å². The third kappa shape index (κ3) is 2.94. The first kappa shape index (κ1) is 18.5. The number of methoxy groups -OCH3 is 1. The topological polar surface area (TPSA) is 65.1 Å². The SMILES string of the molecule is CC/C=C/[C@@]12[C@@H](OCOC)C[C@H]3[C@H](CC(=O)OCC)C(=O)[C@@H]1CCN32. The highest BCUT2D eigenvalue weighted by Crippen LogP contribution is 2.56. The van der Waals surface area contributed by atoms with Crippen molar-refractivity contribution in [1.82, 2.24) is 4.90 Å². The highest BCUT2D eigenvalue weighted by molar-refractivity contribution is 5.91. The van der Waals surface area contributed by atoms with E-state index >= 15 is 0 Å². The summed E-state index contributed by atoms with van der Waals surface area (Å²) in [6.45, 7) is 5.33. The standard InChI is InChI=1S/C19H29NO5/c1-4-6-8-19-14-7-9-20(19)15(11-16(19)25-12-23-3)13(18(14)22)10-17(21)24-5-2/h6,8,13-16H,4-5,7,9-12H2,1-3H3/b8-6+/t13-,14-,15-,16-,19-/m0/s1. The van der Waals surface area contributed by atoms with Gasteiger partial charge in [0.25, 0.3) is 0 Å². The van der Waals surface area contributed by atoms with Crippen LogP contribution < -0.4 is 0 Å².